The Hall–Kier alpha value is -0.170. The second kappa shape index (κ2) is 5.25. The summed E-state index contributed by atoms with van der Waals surface area (Å²) in [5.41, 5.74) is 0. The Morgan fingerprint density at radius 3 is 2.67 bits per heavy atom. The summed E-state index contributed by atoms with van der Waals surface area (Å²) in [7, 11) is -1.77. The molecule has 1 aliphatic heterocycles. The Morgan fingerprint density at radius 1 is 1.53 bits per heavy atom. The second-order valence-corrected chi connectivity index (χ2v) is 5.91. The van der Waals surface area contributed by atoms with E-state index in [0.717, 1.165) is 19.4 Å². The Kier molecular flexibility index (Phi) is 4.51. The van der Waals surface area contributed by atoms with Crippen molar-refractivity contribution < 1.29 is 13.2 Å². The average molecular weight is 236 g/mol. The van der Waals surface area contributed by atoms with E-state index in [-0.39, 0.29) is 12.1 Å². The zero-order valence-corrected chi connectivity index (χ0v) is 10.4. The molecular weight excluding hydrogens is 216 g/mol. The first-order valence-corrected chi connectivity index (χ1v) is 6.71. The standard InChI is InChI=1S/C9H20N2O3S/c1-8(2)11(3)15(12,13)10-7-9-5-4-6-14-9/h8-10H,4-7H2,1-3H3/t9-/m0/s1. The van der Waals surface area contributed by atoms with E-state index in [1.54, 1.807) is 7.05 Å². The molecule has 6 heteroatoms. The van der Waals surface area contributed by atoms with Gasteiger partial charge in [-0.15, -0.1) is 0 Å². The first kappa shape index (κ1) is 12.9. The summed E-state index contributed by atoms with van der Waals surface area (Å²) in [6, 6.07) is -0.0352. The SMILES string of the molecule is CC(C)N(C)S(=O)(=O)NC[C@@H]1CCCO1. The van der Waals surface area contributed by atoms with Crippen molar-refractivity contribution in [2.45, 2.75) is 38.8 Å². The molecule has 0 unspecified atom stereocenters. The summed E-state index contributed by atoms with van der Waals surface area (Å²) < 4.78 is 32.6. The number of hydrogen-bond acceptors (Lipinski definition) is 3. The molecule has 0 aromatic heterocycles. The molecule has 1 N–H and O–H groups in total. The van der Waals surface area contributed by atoms with E-state index in [1.807, 2.05) is 13.8 Å². The van der Waals surface area contributed by atoms with Crippen molar-refractivity contribution >= 4 is 10.2 Å². The molecule has 0 bridgehead atoms. The summed E-state index contributed by atoms with van der Waals surface area (Å²) in [5.74, 6) is 0. The molecule has 5 nitrogen and oxygen atoms in total. The van der Waals surface area contributed by atoms with Gasteiger partial charge in [0.25, 0.3) is 10.2 Å². The number of hydrogen-bond donors (Lipinski definition) is 1. The maximum Gasteiger partial charge on any atom is 0.279 e. The summed E-state index contributed by atoms with van der Waals surface area (Å²) in [4.78, 5) is 0. The van der Waals surface area contributed by atoms with E-state index in [1.165, 1.54) is 4.31 Å². The van der Waals surface area contributed by atoms with E-state index in [4.69, 9.17) is 4.74 Å². The van der Waals surface area contributed by atoms with Crippen LogP contribution in [0.15, 0.2) is 0 Å². The molecule has 0 saturated carbocycles. The molecular formula is C9H20N2O3S. The number of nitrogens with zero attached hydrogens (tertiary/aromatic N) is 1. The minimum atomic E-state index is -3.34. The Bertz CT molecular complexity index is 284. The first-order chi connectivity index (χ1) is 6.93. The lowest BCUT2D eigenvalue weighted by Crippen LogP contribution is -2.44. The minimum absolute atomic E-state index is 0.0352. The molecule has 0 aromatic rings. The van der Waals surface area contributed by atoms with Gasteiger partial charge in [0.05, 0.1) is 6.10 Å². The van der Waals surface area contributed by atoms with Crippen LogP contribution in [0, 0.1) is 0 Å². The fraction of sp³-hybridized carbons (Fsp3) is 1.00. The lowest BCUT2D eigenvalue weighted by Gasteiger charge is -2.22. The first-order valence-electron chi connectivity index (χ1n) is 5.27. The highest BCUT2D eigenvalue weighted by atomic mass is 32.2. The molecule has 15 heavy (non-hydrogen) atoms. The smallest absolute Gasteiger partial charge is 0.279 e. The topological polar surface area (TPSA) is 58.6 Å². The molecule has 0 spiro atoms. The molecule has 1 atom stereocenters. The van der Waals surface area contributed by atoms with Gasteiger partial charge in [0, 0.05) is 26.2 Å². The van der Waals surface area contributed by atoms with Crippen LogP contribution in [0.4, 0.5) is 0 Å². The number of nitrogens with one attached hydrogen (secondary N) is 1. The van der Waals surface area contributed by atoms with Gasteiger partial charge in [-0.1, -0.05) is 0 Å². The van der Waals surface area contributed by atoms with Crippen LogP contribution in [0.2, 0.25) is 0 Å². The van der Waals surface area contributed by atoms with Crippen LogP contribution in [0.5, 0.6) is 0 Å². The zero-order valence-electron chi connectivity index (χ0n) is 9.56. The third-order valence-electron chi connectivity index (χ3n) is 2.62. The highest BCUT2D eigenvalue weighted by Crippen LogP contribution is 2.11. The van der Waals surface area contributed by atoms with Crippen molar-refractivity contribution in [2.24, 2.45) is 0 Å². The zero-order chi connectivity index (χ0) is 11.5. The van der Waals surface area contributed by atoms with Gasteiger partial charge < -0.3 is 4.74 Å². The van der Waals surface area contributed by atoms with Crippen LogP contribution >= 0.6 is 0 Å². The lowest BCUT2D eigenvalue weighted by atomic mass is 10.2. The van der Waals surface area contributed by atoms with Crippen molar-refractivity contribution in [3.63, 3.8) is 0 Å². The van der Waals surface area contributed by atoms with Crippen LogP contribution < -0.4 is 4.72 Å². The van der Waals surface area contributed by atoms with Gasteiger partial charge in [-0.2, -0.15) is 17.4 Å². The molecule has 1 rings (SSSR count). The summed E-state index contributed by atoms with van der Waals surface area (Å²) in [6.07, 6.45) is 2.00. The second-order valence-electron chi connectivity index (χ2n) is 4.10. The molecule has 1 fully saturated rings. The van der Waals surface area contributed by atoms with E-state index >= 15 is 0 Å². The summed E-state index contributed by atoms with van der Waals surface area (Å²) in [6.45, 7) is 4.79. The number of ether oxygens (including phenoxy) is 1. The summed E-state index contributed by atoms with van der Waals surface area (Å²) in [5, 5.41) is 0. The van der Waals surface area contributed by atoms with E-state index < -0.39 is 10.2 Å². The predicted molar refractivity (Wildman–Crippen MR) is 58.8 cm³/mol. The molecule has 0 radical (unpaired) electrons. The van der Waals surface area contributed by atoms with E-state index in [9.17, 15) is 8.42 Å². The minimum Gasteiger partial charge on any atom is -0.377 e. The molecule has 1 heterocycles. The molecule has 1 saturated heterocycles. The van der Waals surface area contributed by atoms with Crippen molar-refractivity contribution in [2.75, 3.05) is 20.2 Å². The quantitative estimate of drug-likeness (QED) is 0.749. The predicted octanol–water partition coefficient (Wildman–Crippen LogP) is 0.340. The van der Waals surface area contributed by atoms with E-state index in [2.05, 4.69) is 4.72 Å². The fourth-order valence-corrected chi connectivity index (χ4v) is 2.54. The van der Waals surface area contributed by atoms with Gasteiger partial charge in [0.2, 0.25) is 0 Å². The van der Waals surface area contributed by atoms with Gasteiger partial charge in [0.1, 0.15) is 0 Å². The van der Waals surface area contributed by atoms with Crippen molar-refractivity contribution in [3.8, 4) is 0 Å². The third kappa shape index (κ3) is 3.71. The average Bonchev–Trinajstić information content (AvgIpc) is 2.66. The van der Waals surface area contributed by atoms with Gasteiger partial charge in [-0.25, -0.2) is 0 Å². The molecule has 0 amide bonds. The van der Waals surface area contributed by atoms with Crippen LogP contribution in [0.1, 0.15) is 26.7 Å². The van der Waals surface area contributed by atoms with Gasteiger partial charge in [-0.3, -0.25) is 0 Å². The van der Waals surface area contributed by atoms with Crippen LogP contribution in [-0.2, 0) is 14.9 Å². The Morgan fingerprint density at radius 2 is 2.20 bits per heavy atom. The fourth-order valence-electron chi connectivity index (χ4n) is 1.38. The van der Waals surface area contributed by atoms with Crippen LogP contribution in [-0.4, -0.2) is 45.1 Å². The highest BCUT2D eigenvalue weighted by molar-refractivity contribution is 7.87. The summed E-state index contributed by atoms with van der Waals surface area (Å²) >= 11 is 0. The maximum atomic E-state index is 11.7. The largest absolute Gasteiger partial charge is 0.377 e. The van der Waals surface area contributed by atoms with Gasteiger partial charge >= 0.3 is 0 Å². The van der Waals surface area contributed by atoms with Gasteiger partial charge in [0.15, 0.2) is 0 Å². The third-order valence-corrected chi connectivity index (χ3v) is 4.34. The van der Waals surface area contributed by atoms with Crippen molar-refractivity contribution in [1.29, 1.82) is 0 Å². The lowest BCUT2D eigenvalue weighted by molar-refractivity contribution is 0.114. The van der Waals surface area contributed by atoms with Gasteiger partial charge in [-0.05, 0) is 26.7 Å². The molecule has 0 aliphatic carbocycles. The van der Waals surface area contributed by atoms with Crippen molar-refractivity contribution in [1.82, 2.24) is 9.03 Å². The molecule has 0 aromatic carbocycles. The highest BCUT2D eigenvalue weighted by Gasteiger charge is 2.23. The van der Waals surface area contributed by atoms with E-state index in [0.29, 0.717) is 6.54 Å². The molecule has 1 aliphatic rings. The van der Waals surface area contributed by atoms with Crippen molar-refractivity contribution in [3.05, 3.63) is 0 Å². The monoisotopic (exact) mass is 236 g/mol. The Labute approximate surface area is 92.0 Å². The molecule has 90 valence electrons. The number of rotatable bonds is 5. The Balaban J connectivity index is 2.42. The normalized spacial score (nSPS) is 22.9. The van der Waals surface area contributed by atoms with Crippen LogP contribution in [0.25, 0.3) is 0 Å². The van der Waals surface area contributed by atoms with Crippen LogP contribution in [0.3, 0.4) is 0 Å². The maximum absolute atomic E-state index is 11.7.